The van der Waals surface area contributed by atoms with Crippen LogP contribution in [0.15, 0.2) is 54.6 Å². The lowest BCUT2D eigenvalue weighted by Crippen LogP contribution is -2.52. The molecule has 0 aliphatic rings. The Labute approximate surface area is 138 Å². The van der Waals surface area contributed by atoms with Gasteiger partial charge in [-0.3, -0.25) is 0 Å². The van der Waals surface area contributed by atoms with Crippen molar-refractivity contribution in [3.63, 3.8) is 0 Å². The van der Waals surface area contributed by atoms with Crippen LogP contribution in [0, 0.1) is 0 Å². The Morgan fingerprint density at radius 1 is 0.760 bits per heavy atom. The number of aliphatic hydroxyl groups is 1. The summed E-state index contributed by atoms with van der Waals surface area (Å²) in [6, 6.07) is 13.7. The van der Waals surface area contributed by atoms with E-state index < -0.39 is 30.5 Å². The van der Waals surface area contributed by atoms with E-state index >= 15 is 0 Å². The first-order chi connectivity index (χ1) is 11.5. The Kier molecular flexibility index (Phi) is 5.13. The molecule has 2 rings (SSSR count). The quantitative estimate of drug-likeness (QED) is 0.682. The van der Waals surface area contributed by atoms with Crippen LogP contribution < -0.4 is 0 Å². The first-order valence-electron chi connectivity index (χ1n) is 7.12. The Morgan fingerprint density at radius 3 is 1.84 bits per heavy atom. The molecule has 0 fully saturated rings. The predicted molar refractivity (Wildman–Crippen MR) is 77.4 cm³/mol. The number of alkyl halides is 7. The molecule has 0 saturated heterocycles. The van der Waals surface area contributed by atoms with Crippen LogP contribution in [0.25, 0.3) is 11.1 Å². The number of rotatable bonds is 5. The average molecular weight is 366 g/mol. The van der Waals surface area contributed by atoms with Crippen molar-refractivity contribution in [1.82, 2.24) is 0 Å². The van der Waals surface area contributed by atoms with E-state index in [1.54, 1.807) is 30.3 Å². The molecule has 2 aromatic carbocycles. The maximum Gasteiger partial charge on any atom is 0.459 e. The number of hydrogen-bond donors (Lipinski definition) is 1. The van der Waals surface area contributed by atoms with Crippen LogP contribution in [0.1, 0.15) is 18.1 Å². The second-order valence-corrected chi connectivity index (χ2v) is 5.45. The van der Waals surface area contributed by atoms with Crippen molar-refractivity contribution in [2.45, 2.75) is 30.5 Å². The second kappa shape index (κ2) is 6.67. The molecule has 1 unspecified atom stereocenters. The second-order valence-electron chi connectivity index (χ2n) is 5.45. The molecule has 1 nitrogen and oxygen atoms in total. The Balaban J connectivity index is 2.35. The molecule has 0 aliphatic carbocycles. The van der Waals surface area contributed by atoms with Crippen molar-refractivity contribution < 1.29 is 35.8 Å². The molecule has 1 atom stereocenters. The zero-order valence-electron chi connectivity index (χ0n) is 12.6. The summed E-state index contributed by atoms with van der Waals surface area (Å²) in [6.07, 6.45) is -10.7. The van der Waals surface area contributed by atoms with Crippen LogP contribution in [-0.4, -0.2) is 23.1 Å². The standard InChI is InChI=1S/C17H13F7O/c18-15(19,16(20,21)17(22,23)24)10-14(25)13-9-5-4-8-12(13)11-6-2-1-3-7-11/h1-9,14,25H,10H2. The molecule has 0 radical (unpaired) electrons. The third-order valence-electron chi connectivity index (χ3n) is 3.67. The van der Waals surface area contributed by atoms with Gasteiger partial charge in [0.1, 0.15) is 0 Å². The van der Waals surface area contributed by atoms with Crippen LogP contribution in [0.3, 0.4) is 0 Å². The van der Waals surface area contributed by atoms with Gasteiger partial charge in [0.15, 0.2) is 0 Å². The lowest BCUT2D eigenvalue weighted by Gasteiger charge is -2.30. The highest BCUT2D eigenvalue weighted by molar-refractivity contribution is 5.67. The van der Waals surface area contributed by atoms with Gasteiger partial charge in [0, 0.05) is 6.42 Å². The van der Waals surface area contributed by atoms with Gasteiger partial charge in [-0.05, 0) is 16.7 Å². The fraction of sp³-hybridized carbons (Fsp3) is 0.294. The summed E-state index contributed by atoms with van der Waals surface area (Å²) >= 11 is 0. The van der Waals surface area contributed by atoms with Gasteiger partial charge in [0.2, 0.25) is 0 Å². The third-order valence-corrected chi connectivity index (χ3v) is 3.67. The fourth-order valence-electron chi connectivity index (χ4n) is 2.36. The molecule has 8 heteroatoms. The summed E-state index contributed by atoms with van der Waals surface area (Å²) in [5.41, 5.74) is 0.608. The van der Waals surface area contributed by atoms with Crippen LogP contribution in [0.2, 0.25) is 0 Å². The van der Waals surface area contributed by atoms with Crippen molar-refractivity contribution in [1.29, 1.82) is 0 Å². The van der Waals surface area contributed by atoms with Gasteiger partial charge < -0.3 is 5.11 Å². The lowest BCUT2D eigenvalue weighted by atomic mass is 9.92. The third kappa shape index (κ3) is 3.78. The molecule has 0 spiro atoms. The van der Waals surface area contributed by atoms with Gasteiger partial charge in [-0.2, -0.15) is 30.7 Å². The zero-order valence-corrected chi connectivity index (χ0v) is 12.6. The van der Waals surface area contributed by atoms with Crippen molar-refractivity contribution in [3.8, 4) is 11.1 Å². The summed E-state index contributed by atoms with van der Waals surface area (Å²) in [5, 5.41) is 9.95. The molecule has 136 valence electrons. The lowest BCUT2D eigenvalue weighted by molar-refractivity contribution is -0.358. The number of halogens is 7. The summed E-state index contributed by atoms with van der Waals surface area (Å²) in [6.45, 7) is 0. The highest BCUT2D eigenvalue weighted by Gasteiger charge is 2.72. The number of benzene rings is 2. The normalized spacial score (nSPS) is 14.4. The predicted octanol–water partition coefficient (Wildman–Crippen LogP) is 5.61. The van der Waals surface area contributed by atoms with Crippen molar-refractivity contribution >= 4 is 0 Å². The van der Waals surface area contributed by atoms with Gasteiger partial charge in [0.25, 0.3) is 0 Å². The maximum atomic E-state index is 13.5. The Bertz CT molecular complexity index is 710. The van der Waals surface area contributed by atoms with Crippen LogP contribution >= 0.6 is 0 Å². The smallest absolute Gasteiger partial charge is 0.388 e. The molecular weight excluding hydrogens is 353 g/mol. The SMILES string of the molecule is OC(CC(F)(F)C(F)(F)C(F)(F)F)c1ccccc1-c1ccccc1. The van der Waals surface area contributed by atoms with Gasteiger partial charge in [-0.25, -0.2) is 0 Å². The highest BCUT2D eigenvalue weighted by Crippen LogP contribution is 2.50. The van der Waals surface area contributed by atoms with E-state index in [-0.39, 0.29) is 11.1 Å². The largest absolute Gasteiger partial charge is 0.459 e. The van der Waals surface area contributed by atoms with E-state index in [1.165, 1.54) is 24.3 Å². The Hall–Kier alpha value is -2.09. The summed E-state index contributed by atoms with van der Waals surface area (Å²) in [7, 11) is 0. The van der Waals surface area contributed by atoms with Gasteiger partial charge in [-0.1, -0.05) is 54.6 Å². The van der Waals surface area contributed by atoms with Gasteiger partial charge in [-0.15, -0.1) is 0 Å². The van der Waals surface area contributed by atoms with E-state index in [2.05, 4.69) is 0 Å². The molecule has 0 saturated carbocycles. The highest BCUT2D eigenvalue weighted by atomic mass is 19.4. The van der Waals surface area contributed by atoms with Gasteiger partial charge >= 0.3 is 18.0 Å². The van der Waals surface area contributed by atoms with E-state index in [9.17, 15) is 35.8 Å². The van der Waals surface area contributed by atoms with Crippen molar-refractivity contribution in [2.24, 2.45) is 0 Å². The zero-order chi connectivity index (χ0) is 18.9. The molecule has 0 aliphatic heterocycles. The first kappa shape index (κ1) is 19.2. The average Bonchev–Trinajstić information content (AvgIpc) is 2.54. The fourth-order valence-corrected chi connectivity index (χ4v) is 2.36. The Morgan fingerprint density at radius 2 is 1.28 bits per heavy atom. The molecule has 0 amide bonds. The molecular formula is C17H13F7O. The monoisotopic (exact) mass is 366 g/mol. The molecule has 25 heavy (non-hydrogen) atoms. The van der Waals surface area contributed by atoms with E-state index in [4.69, 9.17) is 0 Å². The number of aliphatic hydroxyl groups excluding tert-OH is 1. The van der Waals surface area contributed by atoms with Crippen LogP contribution in [0.5, 0.6) is 0 Å². The minimum Gasteiger partial charge on any atom is -0.388 e. The first-order valence-corrected chi connectivity index (χ1v) is 7.12. The van der Waals surface area contributed by atoms with Gasteiger partial charge in [0.05, 0.1) is 6.10 Å². The van der Waals surface area contributed by atoms with E-state index in [0.717, 1.165) is 0 Å². The number of hydrogen-bond acceptors (Lipinski definition) is 1. The molecule has 2 aromatic rings. The summed E-state index contributed by atoms with van der Waals surface area (Å²) in [5.74, 6) is -11.7. The molecule has 1 N–H and O–H groups in total. The minimum atomic E-state index is -6.42. The topological polar surface area (TPSA) is 20.2 Å². The van der Waals surface area contributed by atoms with Crippen LogP contribution in [-0.2, 0) is 0 Å². The van der Waals surface area contributed by atoms with Crippen LogP contribution in [0.4, 0.5) is 30.7 Å². The molecule has 0 heterocycles. The van der Waals surface area contributed by atoms with Crippen molar-refractivity contribution in [2.75, 3.05) is 0 Å². The van der Waals surface area contributed by atoms with E-state index in [0.29, 0.717) is 5.56 Å². The van der Waals surface area contributed by atoms with E-state index in [1.807, 2.05) is 0 Å². The van der Waals surface area contributed by atoms with Crippen molar-refractivity contribution in [3.05, 3.63) is 60.2 Å². The molecule has 0 aromatic heterocycles. The summed E-state index contributed by atoms with van der Waals surface area (Å²) < 4.78 is 89.8. The maximum absolute atomic E-state index is 13.5. The minimum absolute atomic E-state index is 0.161. The summed E-state index contributed by atoms with van der Waals surface area (Å²) in [4.78, 5) is 0. The molecule has 0 bridgehead atoms.